The highest BCUT2D eigenvalue weighted by Crippen LogP contribution is 2.32. The Hall–Kier alpha value is -3.52. The van der Waals surface area contributed by atoms with Crippen LogP contribution in [-0.4, -0.2) is 25.7 Å². The number of aromatic nitrogens is 4. The van der Waals surface area contributed by atoms with Crippen molar-refractivity contribution in [2.75, 3.05) is 5.32 Å². The third-order valence-electron chi connectivity index (χ3n) is 4.20. The molecule has 0 saturated carbocycles. The molecular weight excluding hydrogens is 362 g/mol. The van der Waals surface area contributed by atoms with Crippen LogP contribution in [0.25, 0.3) is 26.5 Å². The molecule has 0 spiro atoms. The Labute approximate surface area is 157 Å². The lowest BCUT2D eigenvalue weighted by Gasteiger charge is -2.07. The summed E-state index contributed by atoms with van der Waals surface area (Å²) in [5.41, 5.74) is 2.16. The molecule has 8 heteroatoms. The molecule has 0 fully saturated rings. The number of furan rings is 1. The van der Waals surface area contributed by atoms with Crippen LogP contribution in [0.3, 0.4) is 0 Å². The smallest absolute Gasteiger partial charge is 0.291 e. The fourth-order valence-electron chi connectivity index (χ4n) is 2.88. The molecule has 3 aromatic heterocycles. The number of carbonyl (C=O) groups is 1. The highest BCUT2D eigenvalue weighted by Gasteiger charge is 2.17. The molecule has 0 unspecified atom stereocenters. The number of aryl methyl sites for hydroxylation is 1. The molecule has 2 aromatic carbocycles. The zero-order valence-corrected chi connectivity index (χ0v) is 15.0. The van der Waals surface area contributed by atoms with Crippen molar-refractivity contribution < 1.29 is 9.21 Å². The zero-order valence-electron chi connectivity index (χ0n) is 14.2. The minimum atomic E-state index is -0.308. The number of para-hydroxylation sites is 2. The molecule has 3 heterocycles. The Morgan fingerprint density at radius 1 is 1.11 bits per heavy atom. The maximum Gasteiger partial charge on any atom is 0.291 e. The summed E-state index contributed by atoms with van der Waals surface area (Å²) in [4.78, 5) is 13.4. The van der Waals surface area contributed by atoms with Gasteiger partial charge in [0.25, 0.3) is 5.91 Å². The average Bonchev–Trinajstić information content (AvgIpc) is 3.38. The van der Waals surface area contributed by atoms with Crippen LogP contribution in [0, 0.1) is 6.92 Å². The maximum absolute atomic E-state index is 12.7. The largest absolute Gasteiger partial charge is 0.451 e. The summed E-state index contributed by atoms with van der Waals surface area (Å²) in [6, 6.07) is 16.8. The molecule has 5 aromatic rings. The minimum Gasteiger partial charge on any atom is -0.451 e. The van der Waals surface area contributed by atoms with Gasteiger partial charge in [0, 0.05) is 10.9 Å². The Morgan fingerprint density at radius 2 is 1.93 bits per heavy atom. The lowest BCUT2D eigenvalue weighted by atomic mass is 10.2. The zero-order chi connectivity index (χ0) is 18.4. The van der Waals surface area contributed by atoms with Crippen molar-refractivity contribution in [1.82, 2.24) is 19.8 Å². The second-order valence-corrected chi connectivity index (χ2v) is 6.95. The Balaban J connectivity index is 1.51. The molecule has 1 N–H and O–H groups in total. The number of nitrogens with zero attached hydrogens (tertiary/aromatic N) is 4. The topological polar surface area (TPSA) is 85.3 Å². The Kier molecular flexibility index (Phi) is 3.51. The molecule has 0 atom stereocenters. The van der Waals surface area contributed by atoms with Gasteiger partial charge in [0.2, 0.25) is 4.96 Å². The van der Waals surface area contributed by atoms with Gasteiger partial charge in [0.1, 0.15) is 10.6 Å². The molecule has 7 nitrogen and oxygen atoms in total. The van der Waals surface area contributed by atoms with E-state index in [1.165, 1.54) is 11.3 Å². The van der Waals surface area contributed by atoms with Gasteiger partial charge in [0.05, 0.1) is 5.69 Å². The Morgan fingerprint density at radius 3 is 2.78 bits per heavy atom. The summed E-state index contributed by atoms with van der Waals surface area (Å²) >= 11 is 1.42. The summed E-state index contributed by atoms with van der Waals surface area (Å²) in [7, 11) is 0. The summed E-state index contributed by atoms with van der Waals surface area (Å²) in [5.74, 6) is 0.675. The molecule has 0 bridgehead atoms. The highest BCUT2D eigenvalue weighted by molar-refractivity contribution is 7.19. The number of benzene rings is 2. The van der Waals surface area contributed by atoms with Crippen LogP contribution < -0.4 is 5.32 Å². The van der Waals surface area contributed by atoms with E-state index in [4.69, 9.17) is 4.42 Å². The number of anilines is 1. The first kappa shape index (κ1) is 15.7. The quantitative estimate of drug-likeness (QED) is 0.512. The van der Waals surface area contributed by atoms with E-state index >= 15 is 0 Å². The predicted octanol–water partition coefficient (Wildman–Crippen LogP) is 4.16. The molecule has 0 aliphatic rings. The third kappa shape index (κ3) is 2.67. The van der Waals surface area contributed by atoms with Gasteiger partial charge in [0.15, 0.2) is 11.6 Å². The number of hydrogen-bond acceptors (Lipinski definition) is 6. The number of amides is 1. The van der Waals surface area contributed by atoms with Crippen LogP contribution in [-0.2, 0) is 0 Å². The number of hydrogen-bond donors (Lipinski definition) is 1. The number of nitrogens with one attached hydrogen (secondary N) is 1. The highest BCUT2D eigenvalue weighted by atomic mass is 32.1. The van der Waals surface area contributed by atoms with Crippen molar-refractivity contribution >= 4 is 38.9 Å². The molecular formula is C19H13N5O2S. The first-order valence-electron chi connectivity index (χ1n) is 8.27. The molecule has 0 aliphatic heterocycles. The molecule has 5 rings (SSSR count). The predicted molar refractivity (Wildman–Crippen MR) is 103 cm³/mol. The van der Waals surface area contributed by atoms with Gasteiger partial charge in [-0.15, -0.1) is 10.2 Å². The normalized spacial score (nSPS) is 11.3. The van der Waals surface area contributed by atoms with Crippen molar-refractivity contribution in [2.24, 2.45) is 0 Å². The molecule has 0 saturated heterocycles. The lowest BCUT2D eigenvalue weighted by molar-refractivity contribution is 0.0999. The fourth-order valence-corrected chi connectivity index (χ4v) is 3.80. The summed E-state index contributed by atoms with van der Waals surface area (Å²) < 4.78 is 7.34. The van der Waals surface area contributed by atoms with Crippen LogP contribution in [0.4, 0.5) is 5.69 Å². The van der Waals surface area contributed by atoms with Gasteiger partial charge < -0.3 is 9.73 Å². The van der Waals surface area contributed by atoms with Crippen LogP contribution in [0.15, 0.2) is 59.0 Å². The molecule has 27 heavy (non-hydrogen) atoms. The number of rotatable bonds is 3. The van der Waals surface area contributed by atoms with Crippen molar-refractivity contribution in [3.05, 3.63) is 66.2 Å². The average molecular weight is 375 g/mol. The van der Waals surface area contributed by atoms with E-state index < -0.39 is 0 Å². The molecule has 0 aliphatic carbocycles. The summed E-state index contributed by atoms with van der Waals surface area (Å²) in [6.45, 7) is 1.85. The van der Waals surface area contributed by atoms with E-state index in [-0.39, 0.29) is 11.7 Å². The van der Waals surface area contributed by atoms with Gasteiger partial charge in [-0.1, -0.05) is 41.7 Å². The van der Waals surface area contributed by atoms with Gasteiger partial charge >= 0.3 is 0 Å². The lowest BCUT2D eigenvalue weighted by Crippen LogP contribution is -2.11. The second kappa shape index (κ2) is 6.03. The van der Waals surface area contributed by atoms with E-state index in [0.29, 0.717) is 16.2 Å². The van der Waals surface area contributed by atoms with Gasteiger partial charge in [-0.25, -0.2) is 0 Å². The molecule has 0 radical (unpaired) electrons. The number of carbonyl (C=O) groups excluding carboxylic acids is 1. The third-order valence-corrected chi connectivity index (χ3v) is 5.13. The monoisotopic (exact) mass is 375 g/mol. The van der Waals surface area contributed by atoms with Crippen molar-refractivity contribution in [2.45, 2.75) is 6.92 Å². The van der Waals surface area contributed by atoms with E-state index in [1.54, 1.807) is 10.6 Å². The van der Waals surface area contributed by atoms with E-state index in [9.17, 15) is 4.79 Å². The van der Waals surface area contributed by atoms with Crippen molar-refractivity contribution in [3.8, 4) is 10.6 Å². The molecule has 132 valence electrons. The SMILES string of the molecule is Cc1nnc2sc(-c3ccccc3NC(=O)c3cc4ccccc4o3)nn12. The Bertz CT molecular complexity index is 1270. The minimum absolute atomic E-state index is 0.264. The van der Waals surface area contributed by atoms with E-state index in [1.807, 2.05) is 55.5 Å². The van der Waals surface area contributed by atoms with Gasteiger partial charge in [-0.3, -0.25) is 4.79 Å². The van der Waals surface area contributed by atoms with E-state index in [2.05, 4.69) is 20.6 Å². The van der Waals surface area contributed by atoms with Crippen LogP contribution >= 0.6 is 11.3 Å². The standard InChI is InChI=1S/C19H13N5O2S/c1-11-21-22-19-24(11)23-18(27-19)13-7-3-4-8-14(13)20-17(25)16-10-12-6-2-5-9-15(12)26-16/h2-10H,1H3,(H,20,25). The fraction of sp³-hybridized carbons (Fsp3) is 0.0526. The van der Waals surface area contributed by atoms with Crippen molar-refractivity contribution in [1.29, 1.82) is 0 Å². The first-order valence-corrected chi connectivity index (χ1v) is 9.09. The van der Waals surface area contributed by atoms with Gasteiger partial charge in [-0.2, -0.15) is 9.61 Å². The summed E-state index contributed by atoms with van der Waals surface area (Å²) in [6.07, 6.45) is 0. The number of fused-ring (bicyclic) bond motifs is 2. The van der Waals surface area contributed by atoms with Gasteiger partial charge in [-0.05, 0) is 31.2 Å². The van der Waals surface area contributed by atoms with Crippen molar-refractivity contribution in [3.63, 3.8) is 0 Å². The second-order valence-electron chi connectivity index (χ2n) is 6.00. The van der Waals surface area contributed by atoms with Crippen LogP contribution in [0.2, 0.25) is 0 Å². The van der Waals surface area contributed by atoms with Crippen LogP contribution in [0.5, 0.6) is 0 Å². The summed E-state index contributed by atoms with van der Waals surface area (Å²) in [5, 5.41) is 17.2. The maximum atomic E-state index is 12.7. The van der Waals surface area contributed by atoms with Crippen LogP contribution in [0.1, 0.15) is 16.4 Å². The first-order chi connectivity index (χ1) is 13.2. The molecule has 1 amide bonds. The van der Waals surface area contributed by atoms with E-state index in [0.717, 1.165) is 21.8 Å².